The molecule has 0 radical (unpaired) electrons. The molecule has 0 aromatic carbocycles. The van der Waals surface area contributed by atoms with Crippen LogP contribution < -0.4 is 11.2 Å². The largest absolute Gasteiger partial charge is 0.481 e. The van der Waals surface area contributed by atoms with Crippen molar-refractivity contribution in [1.82, 2.24) is 9.55 Å². The fourth-order valence-corrected chi connectivity index (χ4v) is 2.81. The third-order valence-corrected chi connectivity index (χ3v) is 4.34. The number of carbonyl (C=O) groups is 2. The first-order chi connectivity index (χ1) is 12.8. The lowest BCUT2D eigenvalue weighted by molar-refractivity contribution is -0.150. The molecule has 1 aromatic heterocycles. The number of nitrogens with zero attached hydrogens (tertiary/aromatic N) is 1. The second-order valence-corrected chi connectivity index (χ2v) is 6.55. The van der Waals surface area contributed by atoms with Gasteiger partial charge in [-0.05, 0) is 19.8 Å². The van der Waals surface area contributed by atoms with Crippen LogP contribution in [0.25, 0.3) is 0 Å². The average molecular weight is 384 g/mol. The maximum absolute atomic E-state index is 11.9. The first-order valence-electron chi connectivity index (χ1n) is 8.81. The standard InChI is InChI=1S/C17H24N2O8/c1-10-8-19(17(25)18-16(10)24)13-7-11(20)12(27-13)9-26-15(23)6-4-2-3-5-14(21)22/h8,11-13,20H,2-7,9H2,1H3,(H,21,22)(H,18,24,25)/t11-,12+,13+/m0/s1. The van der Waals surface area contributed by atoms with Gasteiger partial charge in [0.05, 0.1) is 6.10 Å². The lowest BCUT2D eigenvalue weighted by Crippen LogP contribution is -2.33. The molecule has 1 aliphatic rings. The molecule has 0 unspecified atom stereocenters. The van der Waals surface area contributed by atoms with Gasteiger partial charge in [0.25, 0.3) is 5.56 Å². The SMILES string of the molecule is Cc1cn([C@H]2C[C@H](O)[C@@H](COC(=O)CCCCCC(=O)O)O2)c(=O)[nH]c1=O. The maximum Gasteiger partial charge on any atom is 0.330 e. The maximum atomic E-state index is 11.9. The zero-order chi connectivity index (χ0) is 20.0. The number of carbonyl (C=O) groups excluding carboxylic acids is 1. The van der Waals surface area contributed by atoms with Crippen molar-refractivity contribution in [3.63, 3.8) is 0 Å². The molecule has 0 aliphatic carbocycles. The molecule has 1 saturated heterocycles. The van der Waals surface area contributed by atoms with Crippen LogP contribution in [0.5, 0.6) is 0 Å². The zero-order valence-corrected chi connectivity index (χ0v) is 15.1. The molecule has 0 bridgehead atoms. The van der Waals surface area contributed by atoms with Gasteiger partial charge in [0.2, 0.25) is 0 Å². The Hall–Kier alpha value is -2.46. The molecule has 0 amide bonds. The van der Waals surface area contributed by atoms with Crippen LogP contribution in [0.1, 0.15) is 50.3 Å². The van der Waals surface area contributed by atoms with Gasteiger partial charge in [-0.25, -0.2) is 4.79 Å². The van der Waals surface area contributed by atoms with E-state index in [9.17, 15) is 24.3 Å². The van der Waals surface area contributed by atoms with Gasteiger partial charge in [0.15, 0.2) is 0 Å². The average Bonchev–Trinajstić information content (AvgIpc) is 2.96. The number of esters is 1. The number of aliphatic hydroxyl groups excluding tert-OH is 1. The molecule has 3 atom stereocenters. The quantitative estimate of drug-likeness (QED) is 0.400. The number of carboxylic acids is 1. The molecule has 3 N–H and O–H groups in total. The minimum Gasteiger partial charge on any atom is -0.481 e. The number of aliphatic carboxylic acids is 1. The third-order valence-electron chi connectivity index (χ3n) is 4.34. The Morgan fingerprint density at radius 1 is 1.30 bits per heavy atom. The smallest absolute Gasteiger partial charge is 0.330 e. The summed E-state index contributed by atoms with van der Waals surface area (Å²) in [5, 5.41) is 18.6. The molecule has 2 heterocycles. The summed E-state index contributed by atoms with van der Waals surface area (Å²) in [4.78, 5) is 47.6. The van der Waals surface area contributed by atoms with Crippen LogP contribution in [0.15, 0.2) is 15.8 Å². The molecule has 10 nitrogen and oxygen atoms in total. The van der Waals surface area contributed by atoms with Crippen molar-refractivity contribution in [3.8, 4) is 0 Å². The fourth-order valence-electron chi connectivity index (χ4n) is 2.81. The predicted molar refractivity (Wildman–Crippen MR) is 92.3 cm³/mol. The molecular weight excluding hydrogens is 360 g/mol. The second kappa shape index (κ2) is 9.47. The van der Waals surface area contributed by atoms with Gasteiger partial charge in [0, 0.05) is 31.0 Å². The number of rotatable bonds is 9. The molecule has 1 aromatic rings. The number of aromatic amines is 1. The highest BCUT2D eigenvalue weighted by Gasteiger charge is 2.36. The molecule has 1 aliphatic heterocycles. The minimum absolute atomic E-state index is 0.0716. The first kappa shape index (κ1) is 20.8. The van der Waals surface area contributed by atoms with Gasteiger partial charge in [0.1, 0.15) is 18.9 Å². The van der Waals surface area contributed by atoms with Crippen molar-refractivity contribution < 1.29 is 29.3 Å². The highest BCUT2D eigenvalue weighted by Crippen LogP contribution is 2.27. The summed E-state index contributed by atoms with van der Waals surface area (Å²) in [6.07, 6.45) is 0.905. The van der Waals surface area contributed by atoms with Crippen LogP contribution in [0.3, 0.4) is 0 Å². The Morgan fingerprint density at radius 2 is 2.00 bits per heavy atom. The number of carboxylic acid groups (broad SMARTS) is 1. The van der Waals surface area contributed by atoms with E-state index in [2.05, 4.69) is 4.98 Å². The van der Waals surface area contributed by atoms with Crippen molar-refractivity contribution in [3.05, 3.63) is 32.6 Å². The number of hydrogen-bond acceptors (Lipinski definition) is 7. The summed E-state index contributed by atoms with van der Waals surface area (Å²) in [5.41, 5.74) is -0.782. The summed E-state index contributed by atoms with van der Waals surface area (Å²) >= 11 is 0. The molecule has 10 heteroatoms. The van der Waals surface area contributed by atoms with Crippen LogP contribution in [0.2, 0.25) is 0 Å². The Kier molecular flexibility index (Phi) is 7.31. The molecule has 1 fully saturated rings. The number of aryl methyl sites for hydroxylation is 1. The number of unbranched alkanes of at least 4 members (excludes halogenated alkanes) is 2. The topological polar surface area (TPSA) is 148 Å². The van der Waals surface area contributed by atoms with E-state index < -0.39 is 41.6 Å². The lowest BCUT2D eigenvalue weighted by atomic mass is 10.1. The number of H-pyrrole nitrogens is 1. The zero-order valence-electron chi connectivity index (χ0n) is 15.1. The predicted octanol–water partition coefficient (Wildman–Crippen LogP) is 0.0717. The summed E-state index contributed by atoms with van der Waals surface area (Å²) in [5.74, 6) is -1.32. The summed E-state index contributed by atoms with van der Waals surface area (Å²) < 4.78 is 11.9. The van der Waals surface area contributed by atoms with E-state index in [-0.39, 0.29) is 25.9 Å². The van der Waals surface area contributed by atoms with Crippen molar-refractivity contribution in [2.75, 3.05) is 6.61 Å². The van der Waals surface area contributed by atoms with Crippen LogP contribution in [-0.2, 0) is 19.1 Å². The number of aliphatic hydroxyl groups is 1. The number of nitrogens with one attached hydrogen (secondary N) is 1. The normalized spacial score (nSPS) is 21.9. The van der Waals surface area contributed by atoms with E-state index >= 15 is 0 Å². The van der Waals surface area contributed by atoms with Crippen molar-refractivity contribution in [2.24, 2.45) is 0 Å². The van der Waals surface area contributed by atoms with Gasteiger partial charge in [-0.3, -0.25) is 23.9 Å². The third kappa shape index (κ3) is 6.04. The summed E-state index contributed by atoms with van der Waals surface area (Å²) in [7, 11) is 0. The monoisotopic (exact) mass is 384 g/mol. The van der Waals surface area contributed by atoms with Gasteiger partial charge in [-0.2, -0.15) is 0 Å². The van der Waals surface area contributed by atoms with Crippen LogP contribution >= 0.6 is 0 Å². The minimum atomic E-state index is -0.919. The van der Waals surface area contributed by atoms with Crippen LogP contribution in [-0.4, -0.2) is 50.5 Å². The van der Waals surface area contributed by atoms with Gasteiger partial charge < -0.3 is 19.7 Å². The molecule has 2 rings (SSSR count). The van der Waals surface area contributed by atoms with Gasteiger partial charge >= 0.3 is 17.6 Å². The first-order valence-corrected chi connectivity index (χ1v) is 8.81. The number of aromatic nitrogens is 2. The molecule has 150 valence electrons. The summed E-state index contributed by atoms with van der Waals surface area (Å²) in [6, 6.07) is 0. The molecule has 0 saturated carbocycles. The van der Waals surface area contributed by atoms with E-state index in [0.717, 1.165) is 0 Å². The van der Waals surface area contributed by atoms with E-state index in [4.69, 9.17) is 14.6 Å². The second-order valence-electron chi connectivity index (χ2n) is 6.55. The molecule has 0 spiro atoms. The Labute approximate surface area is 154 Å². The Morgan fingerprint density at radius 3 is 2.70 bits per heavy atom. The van der Waals surface area contributed by atoms with Crippen LogP contribution in [0.4, 0.5) is 0 Å². The van der Waals surface area contributed by atoms with Crippen molar-refractivity contribution in [2.45, 2.75) is 63.9 Å². The fraction of sp³-hybridized carbons (Fsp3) is 0.647. The van der Waals surface area contributed by atoms with Gasteiger partial charge in [-0.1, -0.05) is 6.42 Å². The van der Waals surface area contributed by atoms with Crippen molar-refractivity contribution >= 4 is 11.9 Å². The highest BCUT2D eigenvalue weighted by atomic mass is 16.6. The molecule has 27 heavy (non-hydrogen) atoms. The number of ether oxygens (including phenoxy) is 2. The molecular formula is C17H24N2O8. The Bertz CT molecular complexity index is 784. The van der Waals surface area contributed by atoms with Crippen LogP contribution in [0, 0.1) is 6.92 Å². The van der Waals surface area contributed by atoms with E-state index in [1.807, 2.05) is 0 Å². The van der Waals surface area contributed by atoms with Gasteiger partial charge in [-0.15, -0.1) is 0 Å². The van der Waals surface area contributed by atoms with E-state index in [1.165, 1.54) is 10.8 Å². The summed E-state index contributed by atoms with van der Waals surface area (Å²) in [6.45, 7) is 1.40. The van der Waals surface area contributed by atoms with E-state index in [0.29, 0.717) is 24.8 Å². The number of hydrogen-bond donors (Lipinski definition) is 3. The Balaban J connectivity index is 1.79. The van der Waals surface area contributed by atoms with E-state index in [1.54, 1.807) is 6.92 Å². The lowest BCUT2D eigenvalue weighted by Gasteiger charge is -2.16. The van der Waals surface area contributed by atoms with Crippen molar-refractivity contribution in [1.29, 1.82) is 0 Å². The highest BCUT2D eigenvalue weighted by molar-refractivity contribution is 5.69.